The average molecular weight is 370 g/mol. The van der Waals surface area contributed by atoms with Crippen LogP contribution in [-0.2, 0) is 4.79 Å². The number of carbonyl (C=O) groups is 2. The Hall–Kier alpha value is -1.56. The second-order valence-electron chi connectivity index (χ2n) is 5.71. The summed E-state index contributed by atoms with van der Waals surface area (Å²) in [6.07, 6.45) is 0.967. The van der Waals surface area contributed by atoms with Crippen molar-refractivity contribution in [3.8, 4) is 5.75 Å². The molecule has 1 aromatic carbocycles. The first-order valence-corrected chi connectivity index (χ1v) is 8.16. The number of nitrogens with zero attached hydrogens (tertiary/aromatic N) is 1. The summed E-state index contributed by atoms with van der Waals surface area (Å²) in [7, 11) is 0. The summed E-state index contributed by atoms with van der Waals surface area (Å²) in [6.45, 7) is 4.75. The van der Waals surface area contributed by atoms with Crippen LogP contribution in [0.1, 0.15) is 37.0 Å². The van der Waals surface area contributed by atoms with Gasteiger partial charge in [-0.25, -0.2) is 0 Å². The molecule has 1 fully saturated rings. The van der Waals surface area contributed by atoms with Crippen LogP contribution in [0.2, 0.25) is 0 Å². The molecule has 2 rings (SSSR count). The summed E-state index contributed by atoms with van der Waals surface area (Å²) >= 11 is 3.39. The standard InChI is InChI=1S/C16H20BrNO4/c1-10(2)22-14-9-12(17)3-4-13(14)15(19)18-7-5-11(6-8-18)16(20)21/h3-4,9-11H,5-8H2,1-2H3,(H,20,21). The van der Waals surface area contributed by atoms with Crippen LogP contribution < -0.4 is 4.74 Å². The fourth-order valence-electron chi connectivity index (χ4n) is 2.52. The minimum atomic E-state index is -0.778. The normalized spacial score (nSPS) is 15.9. The molecule has 1 aliphatic heterocycles. The van der Waals surface area contributed by atoms with Crippen LogP contribution in [-0.4, -0.2) is 41.1 Å². The van der Waals surface area contributed by atoms with Gasteiger partial charge in [0.05, 0.1) is 17.6 Å². The van der Waals surface area contributed by atoms with Crippen molar-refractivity contribution in [3.05, 3.63) is 28.2 Å². The predicted octanol–water partition coefficient (Wildman–Crippen LogP) is 3.17. The third-order valence-corrected chi connectivity index (χ3v) is 4.16. The molecule has 6 heteroatoms. The largest absolute Gasteiger partial charge is 0.490 e. The van der Waals surface area contributed by atoms with Gasteiger partial charge in [-0.2, -0.15) is 0 Å². The first kappa shape index (κ1) is 16.8. The summed E-state index contributed by atoms with van der Waals surface area (Å²) in [5.74, 6) is -0.679. The van der Waals surface area contributed by atoms with Crippen LogP contribution in [0.3, 0.4) is 0 Å². The molecular weight excluding hydrogens is 350 g/mol. The number of benzene rings is 1. The first-order chi connectivity index (χ1) is 10.4. The Morgan fingerprint density at radius 2 is 1.95 bits per heavy atom. The van der Waals surface area contributed by atoms with Crippen molar-refractivity contribution < 1.29 is 19.4 Å². The van der Waals surface area contributed by atoms with Crippen molar-refractivity contribution in [1.82, 2.24) is 4.90 Å². The lowest BCUT2D eigenvalue weighted by Gasteiger charge is -2.30. The van der Waals surface area contributed by atoms with E-state index in [-0.39, 0.29) is 17.9 Å². The SMILES string of the molecule is CC(C)Oc1cc(Br)ccc1C(=O)N1CCC(C(=O)O)CC1. The van der Waals surface area contributed by atoms with Gasteiger partial charge in [0, 0.05) is 17.6 Å². The van der Waals surface area contributed by atoms with Gasteiger partial charge in [-0.15, -0.1) is 0 Å². The lowest BCUT2D eigenvalue weighted by Crippen LogP contribution is -2.40. The summed E-state index contributed by atoms with van der Waals surface area (Å²) < 4.78 is 6.58. The Labute approximate surface area is 138 Å². The molecule has 1 heterocycles. The van der Waals surface area contributed by atoms with E-state index in [1.165, 1.54) is 0 Å². The smallest absolute Gasteiger partial charge is 0.306 e. The predicted molar refractivity (Wildman–Crippen MR) is 86.2 cm³/mol. The molecule has 0 saturated carbocycles. The zero-order valence-electron chi connectivity index (χ0n) is 12.7. The Morgan fingerprint density at radius 3 is 2.50 bits per heavy atom. The number of ether oxygens (including phenoxy) is 1. The first-order valence-electron chi connectivity index (χ1n) is 7.36. The summed E-state index contributed by atoms with van der Waals surface area (Å²) in [4.78, 5) is 25.4. The molecule has 0 radical (unpaired) electrons. The maximum atomic E-state index is 12.7. The second-order valence-corrected chi connectivity index (χ2v) is 6.63. The molecule has 1 amide bonds. The van der Waals surface area contributed by atoms with Crippen molar-refractivity contribution in [2.75, 3.05) is 13.1 Å². The number of likely N-dealkylation sites (tertiary alicyclic amines) is 1. The number of hydrogen-bond acceptors (Lipinski definition) is 3. The van der Waals surface area contributed by atoms with Crippen LogP contribution in [0, 0.1) is 5.92 Å². The molecule has 0 aromatic heterocycles. The number of amides is 1. The number of hydrogen-bond donors (Lipinski definition) is 1. The lowest BCUT2D eigenvalue weighted by atomic mass is 9.96. The van der Waals surface area contributed by atoms with Crippen LogP contribution in [0.25, 0.3) is 0 Å². The van der Waals surface area contributed by atoms with E-state index in [1.54, 1.807) is 17.0 Å². The van der Waals surface area contributed by atoms with Crippen LogP contribution in [0.15, 0.2) is 22.7 Å². The molecule has 5 nitrogen and oxygen atoms in total. The van der Waals surface area contributed by atoms with Gasteiger partial charge in [-0.05, 0) is 44.9 Å². The summed E-state index contributed by atoms with van der Waals surface area (Å²) in [5, 5.41) is 9.03. The third-order valence-electron chi connectivity index (χ3n) is 3.67. The molecule has 0 unspecified atom stereocenters. The van der Waals surface area contributed by atoms with Gasteiger partial charge in [0.15, 0.2) is 0 Å². The molecule has 1 N–H and O–H groups in total. The minimum absolute atomic E-state index is 0.0291. The molecule has 1 aromatic rings. The number of carboxylic acid groups (broad SMARTS) is 1. The Morgan fingerprint density at radius 1 is 1.32 bits per heavy atom. The molecule has 0 aliphatic carbocycles. The fraction of sp³-hybridized carbons (Fsp3) is 0.500. The Kier molecular flexibility index (Phi) is 5.45. The van der Waals surface area contributed by atoms with Gasteiger partial charge < -0.3 is 14.7 Å². The number of halogens is 1. The zero-order valence-corrected chi connectivity index (χ0v) is 14.3. The maximum Gasteiger partial charge on any atom is 0.306 e. The van der Waals surface area contributed by atoms with E-state index in [4.69, 9.17) is 9.84 Å². The molecule has 22 heavy (non-hydrogen) atoms. The average Bonchev–Trinajstić information content (AvgIpc) is 2.46. The van der Waals surface area contributed by atoms with E-state index in [2.05, 4.69) is 15.9 Å². The maximum absolute atomic E-state index is 12.7. The van der Waals surface area contributed by atoms with Gasteiger partial charge in [-0.3, -0.25) is 9.59 Å². The highest BCUT2D eigenvalue weighted by Crippen LogP contribution is 2.27. The quantitative estimate of drug-likeness (QED) is 0.884. The second kappa shape index (κ2) is 7.13. The van der Waals surface area contributed by atoms with Crippen molar-refractivity contribution in [3.63, 3.8) is 0 Å². The topological polar surface area (TPSA) is 66.8 Å². The van der Waals surface area contributed by atoms with Crippen LogP contribution in [0.4, 0.5) is 0 Å². The van der Waals surface area contributed by atoms with E-state index in [0.29, 0.717) is 37.2 Å². The van der Waals surface area contributed by atoms with Crippen molar-refractivity contribution >= 4 is 27.8 Å². The van der Waals surface area contributed by atoms with Crippen molar-refractivity contribution in [2.45, 2.75) is 32.8 Å². The van der Waals surface area contributed by atoms with E-state index in [9.17, 15) is 9.59 Å². The molecule has 0 atom stereocenters. The fourth-order valence-corrected chi connectivity index (χ4v) is 2.86. The molecule has 120 valence electrons. The number of carbonyl (C=O) groups excluding carboxylic acids is 1. The third kappa shape index (κ3) is 4.00. The zero-order chi connectivity index (χ0) is 16.3. The molecule has 1 saturated heterocycles. The summed E-state index contributed by atoms with van der Waals surface area (Å²) in [6, 6.07) is 5.34. The number of piperidine rings is 1. The van der Waals surface area contributed by atoms with Crippen molar-refractivity contribution in [2.24, 2.45) is 5.92 Å². The van der Waals surface area contributed by atoms with E-state index < -0.39 is 5.97 Å². The molecule has 1 aliphatic rings. The van der Waals surface area contributed by atoms with E-state index >= 15 is 0 Å². The van der Waals surface area contributed by atoms with E-state index in [1.807, 2.05) is 19.9 Å². The van der Waals surface area contributed by atoms with Crippen molar-refractivity contribution in [1.29, 1.82) is 0 Å². The minimum Gasteiger partial charge on any atom is -0.490 e. The van der Waals surface area contributed by atoms with Gasteiger partial charge in [0.2, 0.25) is 0 Å². The van der Waals surface area contributed by atoms with E-state index in [0.717, 1.165) is 4.47 Å². The molecule has 0 bridgehead atoms. The van der Waals surface area contributed by atoms with Crippen LogP contribution in [0.5, 0.6) is 5.75 Å². The highest BCUT2D eigenvalue weighted by Gasteiger charge is 2.28. The monoisotopic (exact) mass is 369 g/mol. The highest BCUT2D eigenvalue weighted by atomic mass is 79.9. The number of rotatable bonds is 4. The van der Waals surface area contributed by atoms with Crippen LogP contribution >= 0.6 is 15.9 Å². The Balaban J connectivity index is 2.14. The lowest BCUT2D eigenvalue weighted by molar-refractivity contribution is -0.143. The molecular formula is C16H20BrNO4. The molecule has 0 spiro atoms. The van der Waals surface area contributed by atoms with Gasteiger partial charge in [-0.1, -0.05) is 15.9 Å². The number of carboxylic acids is 1. The summed E-state index contributed by atoms with van der Waals surface area (Å²) in [5.41, 5.74) is 0.519. The Bertz CT molecular complexity index is 565. The van der Waals surface area contributed by atoms with Gasteiger partial charge in [0.1, 0.15) is 5.75 Å². The highest BCUT2D eigenvalue weighted by molar-refractivity contribution is 9.10. The van der Waals surface area contributed by atoms with Gasteiger partial charge in [0.25, 0.3) is 5.91 Å². The number of aliphatic carboxylic acids is 1. The van der Waals surface area contributed by atoms with Gasteiger partial charge >= 0.3 is 5.97 Å².